The van der Waals surface area contributed by atoms with E-state index < -0.39 is 17.2 Å². The SMILES string of the molecule is OC1(c2cc(F)c(CBr)cc2F)COC1. The van der Waals surface area contributed by atoms with Crippen LogP contribution in [0.1, 0.15) is 11.1 Å². The van der Waals surface area contributed by atoms with Gasteiger partial charge in [-0.1, -0.05) is 15.9 Å². The van der Waals surface area contributed by atoms with Gasteiger partial charge in [0.15, 0.2) is 0 Å². The Morgan fingerprint density at radius 2 is 2.00 bits per heavy atom. The highest BCUT2D eigenvalue weighted by Gasteiger charge is 2.40. The summed E-state index contributed by atoms with van der Waals surface area (Å²) in [5.41, 5.74) is -1.16. The topological polar surface area (TPSA) is 29.5 Å². The van der Waals surface area contributed by atoms with Gasteiger partial charge >= 0.3 is 0 Å². The highest BCUT2D eigenvalue weighted by Crippen LogP contribution is 2.32. The first-order chi connectivity index (χ1) is 7.07. The molecule has 0 unspecified atom stereocenters. The van der Waals surface area contributed by atoms with E-state index in [0.717, 1.165) is 12.1 Å². The van der Waals surface area contributed by atoms with E-state index in [-0.39, 0.29) is 29.7 Å². The zero-order valence-electron chi connectivity index (χ0n) is 7.77. The van der Waals surface area contributed by atoms with Crippen LogP contribution in [-0.4, -0.2) is 18.3 Å². The summed E-state index contributed by atoms with van der Waals surface area (Å²) in [5.74, 6) is -1.12. The standard InChI is InChI=1S/C10H9BrF2O2/c11-3-6-1-9(13)7(2-8(6)12)10(14)4-15-5-10/h1-2,14H,3-5H2. The summed E-state index contributed by atoms with van der Waals surface area (Å²) in [4.78, 5) is 0. The molecule has 15 heavy (non-hydrogen) atoms. The summed E-state index contributed by atoms with van der Waals surface area (Å²) < 4.78 is 31.7. The molecule has 1 heterocycles. The monoisotopic (exact) mass is 278 g/mol. The fourth-order valence-electron chi connectivity index (χ4n) is 1.50. The normalized spacial score (nSPS) is 18.7. The average molecular weight is 279 g/mol. The Morgan fingerprint density at radius 3 is 2.47 bits per heavy atom. The predicted molar refractivity (Wildman–Crippen MR) is 53.7 cm³/mol. The van der Waals surface area contributed by atoms with Gasteiger partial charge in [-0.05, 0) is 12.1 Å². The minimum Gasteiger partial charge on any atom is -0.380 e. The summed E-state index contributed by atoms with van der Waals surface area (Å²) in [6.07, 6.45) is 0. The number of benzene rings is 1. The number of halogens is 3. The van der Waals surface area contributed by atoms with Gasteiger partial charge in [0.2, 0.25) is 0 Å². The second-order valence-corrected chi connectivity index (χ2v) is 4.14. The first kappa shape index (κ1) is 11.0. The highest BCUT2D eigenvalue weighted by atomic mass is 79.9. The lowest BCUT2D eigenvalue weighted by atomic mass is 9.91. The molecule has 1 aliphatic rings. The van der Waals surface area contributed by atoms with Crippen LogP contribution in [0.15, 0.2) is 12.1 Å². The first-order valence-corrected chi connectivity index (χ1v) is 5.53. The van der Waals surface area contributed by atoms with Gasteiger partial charge in [-0.25, -0.2) is 8.78 Å². The Kier molecular flexibility index (Phi) is 2.79. The largest absolute Gasteiger partial charge is 0.380 e. The smallest absolute Gasteiger partial charge is 0.139 e. The van der Waals surface area contributed by atoms with Crippen molar-refractivity contribution in [3.05, 3.63) is 34.9 Å². The van der Waals surface area contributed by atoms with Gasteiger partial charge < -0.3 is 9.84 Å². The summed E-state index contributed by atoms with van der Waals surface area (Å²) in [7, 11) is 0. The van der Waals surface area contributed by atoms with Gasteiger partial charge in [0.25, 0.3) is 0 Å². The maximum atomic E-state index is 13.5. The molecule has 2 nitrogen and oxygen atoms in total. The molecule has 0 spiro atoms. The average Bonchev–Trinajstić information content (AvgIpc) is 2.17. The summed E-state index contributed by atoms with van der Waals surface area (Å²) in [5, 5.41) is 10.0. The number of aliphatic hydroxyl groups is 1. The Balaban J connectivity index is 2.45. The molecule has 0 amide bonds. The second-order valence-electron chi connectivity index (χ2n) is 3.58. The Morgan fingerprint density at radius 1 is 1.33 bits per heavy atom. The molecule has 1 fully saturated rings. The molecule has 1 aromatic rings. The lowest BCUT2D eigenvalue weighted by molar-refractivity contribution is -0.186. The van der Waals surface area contributed by atoms with Gasteiger partial charge in [-0.15, -0.1) is 0 Å². The van der Waals surface area contributed by atoms with E-state index >= 15 is 0 Å². The molecule has 0 aliphatic carbocycles. The van der Waals surface area contributed by atoms with Crippen molar-refractivity contribution in [2.45, 2.75) is 10.9 Å². The van der Waals surface area contributed by atoms with Crippen LogP contribution >= 0.6 is 15.9 Å². The van der Waals surface area contributed by atoms with Gasteiger partial charge in [0.05, 0.1) is 13.2 Å². The van der Waals surface area contributed by atoms with Gasteiger partial charge in [-0.2, -0.15) is 0 Å². The van der Waals surface area contributed by atoms with Crippen LogP contribution in [0.3, 0.4) is 0 Å². The molecule has 0 atom stereocenters. The number of ether oxygens (including phenoxy) is 1. The van der Waals surface area contributed by atoms with Crippen molar-refractivity contribution in [3.63, 3.8) is 0 Å². The lowest BCUT2D eigenvalue weighted by Gasteiger charge is -2.36. The highest BCUT2D eigenvalue weighted by molar-refractivity contribution is 9.08. The zero-order chi connectivity index (χ0) is 11.1. The van der Waals surface area contributed by atoms with Gasteiger partial charge in [0, 0.05) is 16.5 Å². The molecule has 2 rings (SSSR count). The molecule has 1 aliphatic heterocycles. The Hall–Kier alpha value is -0.520. The third kappa shape index (κ3) is 1.79. The lowest BCUT2D eigenvalue weighted by Crippen LogP contribution is -2.47. The Labute approximate surface area is 94.0 Å². The second kappa shape index (κ2) is 3.81. The molecule has 1 saturated heterocycles. The third-order valence-corrected chi connectivity index (χ3v) is 3.07. The van der Waals surface area contributed by atoms with Crippen molar-refractivity contribution in [1.29, 1.82) is 0 Å². The van der Waals surface area contributed by atoms with E-state index in [9.17, 15) is 13.9 Å². The molecule has 5 heteroatoms. The van der Waals surface area contributed by atoms with Crippen molar-refractivity contribution < 1.29 is 18.6 Å². The molecule has 1 aromatic carbocycles. The summed E-state index contributed by atoms with van der Waals surface area (Å²) in [6, 6.07) is 2.13. The molecule has 0 bridgehead atoms. The quantitative estimate of drug-likeness (QED) is 0.840. The third-order valence-electron chi connectivity index (χ3n) is 2.46. The van der Waals surface area contributed by atoms with Gasteiger partial charge in [-0.3, -0.25) is 0 Å². The van der Waals surface area contributed by atoms with Crippen LogP contribution in [0.2, 0.25) is 0 Å². The number of hydrogen-bond acceptors (Lipinski definition) is 2. The fraction of sp³-hybridized carbons (Fsp3) is 0.400. The zero-order valence-corrected chi connectivity index (χ0v) is 9.35. The molecule has 1 N–H and O–H groups in total. The van der Waals surface area contributed by atoms with Gasteiger partial charge in [0.1, 0.15) is 17.2 Å². The Bertz CT molecular complexity index is 391. The predicted octanol–water partition coefficient (Wildman–Crippen LogP) is 2.08. The molecule has 82 valence electrons. The maximum Gasteiger partial charge on any atom is 0.139 e. The number of rotatable bonds is 2. The van der Waals surface area contributed by atoms with Crippen molar-refractivity contribution in [2.75, 3.05) is 13.2 Å². The molecule has 0 radical (unpaired) electrons. The van der Waals surface area contributed by atoms with Crippen molar-refractivity contribution in [2.24, 2.45) is 0 Å². The minimum absolute atomic E-state index is 0.0109. The fourth-order valence-corrected chi connectivity index (χ4v) is 1.93. The van der Waals surface area contributed by atoms with Crippen LogP contribution in [0.25, 0.3) is 0 Å². The van der Waals surface area contributed by atoms with Crippen molar-refractivity contribution in [1.82, 2.24) is 0 Å². The van der Waals surface area contributed by atoms with E-state index in [4.69, 9.17) is 4.74 Å². The molecular weight excluding hydrogens is 270 g/mol. The van der Waals surface area contributed by atoms with E-state index in [1.807, 2.05) is 0 Å². The first-order valence-electron chi connectivity index (χ1n) is 4.41. The summed E-state index contributed by atoms with van der Waals surface area (Å²) in [6.45, 7) is 0.0219. The van der Waals surface area contributed by atoms with E-state index in [0.29, 0.717) is 0 Å². The van der Waals surface area contributed by atoms with Crippen molar-refractivity contribution >= 4 is 15.9 Å². The number of hydrogen-bond donors (Lipinski definition) is 1. The maximum absolute atomic E-state index is 13.5. The molecular formula is C10H9BrF2O2. The van der Waals surface area contributed by atoms with E-state index in [2.05, 4.69) is 15.9 Å². The van der Waals surface area contributed by atoms with Crippen LogP contribution in [0.4, 0.5) is 8.78 Å². The van der Waals surface area contributed by atoms with Crippen molar-refractivity contribution in [3.8, 4) is 0 Å². The van der Waals surface area contributed by atoms with E-state index in [1.54, 1.807) is 0 Å². The van der Waals surface area contributed by atoms with Crippen LogP contribution in [0, 0.1) is 11.6 Å². The molecule has 0 aromatic heterocycles. The van der Waals surface area contributed by atoms with E-state index in [1.165, 1.54) is 0 Å². The number of alkyl halides is 1. The van der Waals surface area contributed by atoms with Crippen LogP contribution in [-0.2, 0) is 15.7 Å². The summed E-state index contributed by atoms with van der Waals surface area (Å²) >= 11 is 3.05. The molecule has 0 saturated carbocycles. The minimum atomic E-state index is -1.37. The van der Waals surface area contributed by atoms with Crippen LogP contribution < -0.4 is 0 Å². The van der Waals surface area contributed by atoms with Crippen LogP contribution in [0.5, 0.6) is 0 Å².